The fourth-order valence-corrected chi connectivity index (χ4v) is 4.11. The van der Waals surface area contributed by atoms with Gasteiger partial charge in [-0.25, -0.2) is 0 Å². The summed E-state index contributed by atoms with van der Waals surface area (Å²) >= 11 is 23.2. The number of halogens is 4. The summed E-state index contributed by atoms with van der Waals surface area (Å²) in [7, 11) is -5.33. The molecule has 3 N–H and O–H groups in total. The Morgan fingerprint density at radius 2 is 0.950 bits per heavy atom. The molecule has 0 aliphatic carbocycles. The van der Waals surface area contributed by atoms with E-state index in [9.17, 15) is 14.7 Å². The van der Waals surface area contributed by atoms with E-state index in [1.54, 1.807) is 0 Å². The number of benzene rings is 2. The summed E-state index contributed by atoms with van der Waals surface area (Å²) in [5, 5.41) is 0.353. The van der Waals surface area contributed by atoms with E-state index in [1.807, 2.05) is 0 Å². The Hall–Kier alpha value is -0.0900. The van der Waals surface area contributed by atoms with Crippen molar-refractivity contribution >= 4 is 64.3 Å². The normalized spacial score (nSPS) is 13.8. The number of hydrogen-bond acceptors (Lipinski definition) is 3. The van der Waals surface area contributed by atoms with Gasteiger partial charge in [0.05, 0.1) is 0 Å². The van der Waals surface area contributed by atoms with E-state index in [2.05, 4.69) is 0 Å². The molecule has 0 atom stereocenters. The Labute approximate surface area is 135 Å². The molecule has 0 spiro atoms. The number of rotatable bonds is 2. The van der Waals surface area contributed by atoms with E-state index in [-0.39, 0.29) is 30.7 Å². The molecule has 0 aromatic heterocycles. The summed E-state index contributed by atoms with van der Waals surface area (Å²) in [6, 6.07) is 7.69. The quantitative estimate of drug-likeness (QED) is 0.706. The van der Waals surface area contributed by atoms with Crippen molar-refractivity contribution in [2.24, 2.45) is 0 Å². The third kappa shape index (κ3) is 2.92. The molecule has 0 bridgehead atoms. The maximum absolute atomic E-state index is 10.4. The van der Waals surface area contributed by atoms with E-state index in [0.717, 1.165) is 0 Å². The minimum atomic E-state index is -5.33. The van der Waals surface area contributed by atoms with E-state index in [0.29, 0.717) is 0 Å². The topological polar surface area (TPSA) is 60.7 Å². The fraction of sp³-hybridized carbons (Fsp3) is 0. The predicted octanol–water partition coefficient (Wildman–Crippen LogP) is 3.53. The molecule has 2 rings (SSSR count). The Morgan fingerprint density at radius 3 is 1.25 bits per heavy atom. The van der Waals surface area contributed by atoms with Crippen LogP contribution in [0, 0.1) is 0 Å². The first-order chi connectivity index (χ1) is 9.10. The van der Waals surface area contributed by atoms with Crippen molar-refractivity contribution in [2.75, 3.05) is 0 Å². The zero-order valence-electron chi connectivity index (χ0n) is 9.76. The van der Waals surface area contributed by atoms with Crippen molar-refractivity contribution in [1.82, 2.24) is 0 Å². The second-order valence-electron chi connectivity index (χ2n) is 4.18. The van der Waals surface area contributed by atoms with Gasteiger partial charge < -0.3 is 0 Å². The van der Waals surface area contributed by atoms with Crippen LogP contribution < -0.4 is 10.6 Å². The van der Waals surface area contributed by atoms with Crippen LogP contribution in [0.1, 0.15) is 0 Å². The molecule has 0 radical (unpaired) electrons. The third-order valence-electron chi connectivity index (χ3n) is 2.76. The van der Waals surface area contributed by atoms with Gasteiger partial charge in [0.15, 0.2) is 0 Å². The van der Waals surface area contributed by atoms with Crippen LogP contribution in [-0.2, 0) is 0 Å². The van der Waals surface area contributed by atoms with Crippen molar-refractivity contribution in [3.8, 4) is 0 Å². The van der Waals surface area contributed by atoms with Crippen LogP contribution in [0.2, 0.25) is 20.1 Å². The summed E-state index contributed by atoms with van der Waals surface area (Å²) in [5.74, 6) is 0. The van der Waals surface area contributed by atoms with Crippen molar-refractivity contribution in [3.63, 3.8) is 0 Å². The van der Waals surface area contributed by atoms with Gasteiger partial charge in [0.1, 0.15) is 0 Å². The molecule has 108 valence electrons. The molecule has 0 amide bonds. The second kappa shape index (κ2) is 5.28. The molecule has 0 unspecified atom stereocenters. The third-order valence-corrected chi connectivity index (χ3v) is 6.69. The first-order valence-corrected chi connectivity index (χ1v) is 8.89. The van der Waals surface area contributed by atoms with E-state index in [1.165, 1.54) is 36.4 Å². The van der Waals surface area contributed by atoms with Gasteiger partial charge in [-0.1, -0.05) is 0 Å². The Balaban J connectivity index is 2.65. The van der Waals surface area contributed by atoms with Gasteiger partial charge in [-0.15, -0.1) is 0 Å². The second-order valence-corrected chi connectivity index (χ2v) is 8.80. The monoisotopic (exact) mass is 372 g/mol. The first kappa shape index (κ1) is 16.3. The van der Waals surface area contributed by atoms with Crippen molar-refractivity contribution < 1.29 is 14.7 Å². The molecule has 0 aliphatic rings. The van der Waals surface area contributed by atoms with Crippen LogP contribution in [0.15, 0.2) is 36.4 Å². The minimum absolute atomic E-state index is 0.0929. The molecule has 2 aromatic rings. The van der Waals surface area contributed by atoms with Crippen LogP contribution in [-0.4, -0.2) is 14.7 Å². The van der Waals surface area contributed by atoms with Gasteiger partial charge in [0, 0.05) is 0 Å². The van der Waals surface area contributed by atoms with Crippen LogP contribution in [0.25, 0.3) is 0 Å². The van der Waals surface area contributed by atoms with Gasteiger partial charge in [-0.05, 0) is 0 Å². The SMILES string of the molecule is OP(O)(O)(c1ccc(Cl)c(Cl)c1)c1ccc(Cl)c(Cl)c1. The molecule has 0 fully saturated rings. The summed E-state index contributed by atoms with van der Waals surface area (Å²) in [5.41, 5.74) is 0. The number of hydrogen-bond donors (Lipinski definition) is 3. The van der Waals surface area contributed by atoms with Gasteiger partial charge >= 0.3 is 135 Å². The zero-order valence-corrected chi connectivity index (χ0v) is 13.7. The molecule has 20 heavy (non-hydrogen) atoms. The van der Waals surface area contributed by atoms with Crippen LogP contribution >= 0.6 is 53.7 Å². The zero-order chi connectivity index (χ0) is 15.2. The van der Waals surface area contributed by atoms with Gasteiger partial charge in [-0.2, -0.15) is 0 Å². The molecule has 0 saturated carbocycles. The summed E-state index contributed by atoms with van der Waals surface area (Å²) in [6.07, 6.45) is 0. The average Bonchev–Trinajstić information content (AvgIpc) is 2.35. The average molecular weight is 374 g/mol. The molecule has 2 aromatic carbocycles. The van der Waals surface area contributed by atoms with E-state index < -0.39 is 7.28 Å². The van der Waals surface area contributed by atoms with Gasteiger partial charge in [-0.3, -0.25) is 0 Å². The molecule has 0 saturated heterocycles. The van der Waals surface area contributed by atoms with Crippen LogP contribution in [0.3, 0.4) is 0 Å². The molecule has 8 heteroatoms. The molecular weight excluding hydrogens is 365 g/mol. The van der Waals surface area contributed by atoms with Gasteiger partial charge in [0.2, 0.25) is 0 Å². The maximum atomic E-state index is 10.4. The standard InChI is InChI=1S/C12H9Cl4O3P/c13-9-3-1-7(5-11(9)15)20(17,18,19)8-2-4-10(14)12(16)6-8/h1-6,17-19H. The van der Waals surface area contributed by atoms with Crippen molar-refractivity contribution in [2.45, 2.75) is 0 Å². The van der Waals surface area contributed by atoms with Crippen LogP contribution in [0.4, 0.5) is 0 Å². The van der Waals surface area contributed by atoms with E-state index in [4.69, 9.17) is 46.4 Å². The van der Waals surface area contributed by atoms with Crippen molar-refractivity contribution in [1.29, 1.82) is 0 Å². The van der Waals surface area contributed by atoms with Gasteiger partial charge in [0.25, 0.3) is 0 Å². The van der Waals surface area contributed by atoms with Crippen LogP contribution in [0.5, 0.6) is 0 Å². The first-order valence-electron chi connectivity index (χ1n) is 5.28. The molecular formula is C12H9Cl4O3P. The molecule has 0 aliphatic heterocycles. The summed E-state index contributed by atoms with van der Waals surface area (Å²) in [4.78, 5) is 31.2. The summed E-state index contributed by atoms with van der Waals surface area (Å²) in [6.45, 7) is 0. The van der Waals surface area contributed by atoms with Crippen molar-refractivity contribution in [3.05, 3.63) is 56.5 Å². The molecule has 0 heterocycles. The Morgan fingerprint density at radius 1 is 0.600 bits per heavy atom. The molecule has 3 nitrogen and oxygen atoms in total. The fourth-order valence-electron chi connectivity index (χ4n) is 1.63. The Bertz CT molecular complexity index is 627. The Kier molecular flexibility index (Phi) is 4.29. The summed E-state index contributed by atoms with van der Waals surface area (Å²) < 4.78 is 0. The van der Waals surface area contributed by atoms with E-state index >= 15 is 0 Å². The predicted molar refractivity (Wildman–Crippen MR) is 85.8 cm³/mol.